The van der Waals surface area contributed by atoms with E-state index in [1.165, 1.54) is 11.3 Å². The molecule has 2 heterocycles. The van der Waals surface area contributed by atoms with Gasteiger partial charge in [-0.1, -0.05) is 13.8 Å². The quantitative estimate of drug-likeness (QED) is 0.636. The summed E-state index contributed by atoms with van der Waals surface area (Å²) in [6.45, 7) is 9.38. The van der Waals surface area contributed by atoms with Crippen molar-refractivity contribution >= 4 is 15.8 Å². The van der Waals surface area contributed by atoms with Crippen LogP contribution in [0.25, 0.3) is 0 Å². The summed E-state index contributed by atoms with van der Waals surface area (Å²) in [7, 11) is 0.661. The van der Waals surface area contributed by atoms with Crippen molar-refractivity contribution < 1.29 is 8.42 Å². The maximum atomic E-state index is 12.2. The van der Waals surface area contributed by atoms with Crippen LogP contribution in [0.4, 0.5) is 0 Å². The molecule has 25 heavy (non-hydrogen) atoms. The van der Waals surface area contributed by atoms with Crippen LogP contribution < -0.4 is 5.32 Å². The normalized spacial score (nSPS) is 19.9. The smallest absolute Gasteiger partial charge is 0.193 e. The first-order valence-corrected chi connectivity index (χ1v) is 10.5. The van der Waals surface area contributed by atoms with Crippen molar-refractivity contribution in [3.8, 4) is 0 Å². The SMILES string of the molecule is CCc1nn(C)c(CC)c1CNC(=NC)N1CCS(=O)(=O)C(C)(C)C1. The van der Waals surface area contributed by atoms with Crippen molar-refractivity contribution in [2.24, 2.45) is 12.0 Å². The molecule has 1 aliphatic rings. The molecule has 0 saturated carbocycles. The highest BCUT2D eigenvalue weighted by Gasteiger charge is 2.41. The van der Waals surface area contributed by atoms with Crippen LogP contribution in [-0.4, -0.2) is 59.7 Å². The van der Waals surface area contributed by atoms with Crippen molar-refractivity contribution in [3.63, 3.8) is 0 Å². The average Bonchev–Trinajstić information content (AvgIpc) is 2.86. The third-order valence-corrected chi connectivity index (χ3v) is 7.54. The van der Waals surface area contributed by atoms with Crippen LogP contribution in [0.15, 0.2) is 4.99 Å². The van der Waals surface area contributed by atoms with E-state index in [9.17, 15) is 8.42 Å². The van der Waals surface area contributed by atoms with Gasteiger partial charge in [0.2, 0.25) is 0 Å². The Morgan fingerprint density at radius 1 is 1.32 bits per heavy atom. The Balaban J connectivity index is 2.15. The lowest BCUT2D eigenvalue weighted by Gasteiger charge is -2.39. The summed E-state index contributed by atoms with van der Waals surface area (Å²) < 4.78 is 25.6. The molecule has 8 heteroatoms. The van der Waals surface area contributed by atoms with E-state index in [0.717, 1.165) is 24.5 Å². The number of aryl methyl sites for hydroxylation is 2. The fraction of sp³-hybridized carbons (Fsp3) is 0.765. The number of aliphatic imine (C=N–C) groups is 1. The van der Waals surface area contributed by atoms with E-state index >= 15 is 0 Å². The van der Waals surface area contributed by atoms with Gasteiger partial charge in [0.25, 0.3) is 0 Å². The summed E-state index contributed by atoms with van der Waals surface area (Å²) in [6.07, 6.45) is 1.81. The number of sulfone groups is 1. The van der Waals surface area contributed by atoms with E-state index < -0.39 is 14.6 Å². The topological polar surface area (TPSA) is 79.6 Å². The van der Waals surface area contributed by atoms with Crippen LogP contribution in [0.5, 0.6) is 0 Å². The van der Waals surface area contributed by atoms with Gasteiger partial charge in [-0.25, -0.2) is 8.42 Å². The Kier molecular flexibility index (Phi) is 5.81. The zero-order valence-corrected chi connectivity index (χ0v) is 17.1. The predicted molar refractivity (Wildman–Crippen MR) is 102 cm³/mol. The van der Waals surface area contributed by atoms with Gasteiger partial charge < -0.3 is 10.2 Å². The molecule has 0 bridgehead atoms. The molecule has 1 aromatic rings. The fourth-order valence-electron chi connectivity index (χ4n) is 3.42. The first-order chi connectivity index (χ1) is 11.7. The van der Waals surface area contributed by atoms with Gasteiger partial charge in [0, 0.05) is 45.0 Å². The van der Waals surface area contributed by atoms with Crippen molar-refractivity contribution in [1.29, 1.82) is 0 Å². The van der Waals surface area contributed by atoms with Crippen LogP contribution in [-0.2, 0) is 36.3 Å². The van der Waals surface area contributed by atoms with Gasteiger partial charge >= 0.3 is 0 Å². The van der Waals surface area contributed by atoms with Gasteiger partial charge in [-0.2, -0.15) is 5.10 Å². The fourth-order valence-corrected chi connectivity index (χ4v) is 4.78. The minimum absolute atomic E-state index is 0.161. The second-order valence-electron chi connectivity index (χ2n) is 7.10. The predicted octanol–water partition coefficient (Wildman–Crippen LogP) is 1.13. The minimum atomic E-state index is -3.06. The minimum Gasteiger partial charge on any atom is -0.352 e. The lowest BCUT2D eigenvalue weighted by molar-refractivity contribution is 0.353. The Labute approximate surface area is 151 Å². The molecule has 0 amide bonds. The summed E-state index contributed by atoms with van der Waals surface area (Å²) in [6, 6.07) is 0. The van der Waals surface area contributed by atoms with Crippen molar-refractivity contribution in [2.75, 3.05) is 25.9 Å². The van der Waals surface area contributed by atoms with Gasteiger partial charge in [-0.05, 0) is 26.7 Å². The van der Waals surface area contributed by atoms with Crippen molar-refractivity contribution in [3.05, 3.63) is 17.0 Å². The van der Waals surface area contributed by atoms with Gasteiger partial charge in [-0.3, -0.25) is 9.67 Å². The van der Waals surface area contributed by atoms with Crippen LogP contribution in [0.2, 0.25) is 0 Å². The molecule has 0 spiro atoms. The van der Waals surface area contributed by atoms with Crippen molar-refractivity contribution in [2.45, 2.75) is 51.8 Å². The van der Waals surface area contributed by atoms with Crippen LogP contribution in [0.3, 0.4) is 0 Å². The van der Waals surface area contributed by atoms with Crippen LogP contribution in [0.1, 0.15) is 44.6 Å². The van der Waals surface area contributed by atoms with E-state index in [1.54, 1.807) is 20.9 Å². The summed E-state index contributed by atoms with van der Waals surface area (Å²) in [4.78, 5) is 6.40. The third kappa shape index (κ3) is 3.83. The first-order valence-electron chi connectivity index (χ1n) is 8.88. The molecule has 7 nitrogen and oxygen atoms in total. The molecule has 0 unspecified atom stereocenters. The number of aromatic nitrogens is 2. The highest BCUT2D eigenvalue weighted by molar-refractivity contribution is 7.92. The summed E-state index contributed by atoms with van der Waals surface area (Å²) >= 11 is 0. The molecule has 1 N–H and O–H groups in total. The standard InChI is InChI=1S/C17H31N5O2S/c1-7-14-13(15(8-2)21(6)20-14)11-19-16(18-5)22-9-10-25(23,24)17(3,4)12-22/h7-12H2,1-6H3,(H,18,19). The zero-order chi connectivity index (χ0) is 18.8. The molecular weight excluding hydrogens is 338 g/mol. The van der Waals surface area contributed by atoms with E-state index in [0.29, 0.717) is 19.6 Å². The van der Waals surface area contributed by atoms with Gasteiger partial charge in [0.1, 0.15) is 0 Å². The monoisotopic (exact) mass is 369 g/mol. The lowest BCUT2D eigenvalue weighted by Crippen LogP contribution is -2.57. The zero-order valence-electron chi connectivity index (χ0n) is 16.3. The molecule has 1 aliphatic heterocycles. The number of guanidine groups is 1. The maximum Gasteiger partial charge on any atom is 0.193 e. The summed E-state index contributed by atoms with van der Waals surface area (Å²) in [5.74, 6) is 0.907. The highest BCUT2D eigenvalue weighted by Crippen LogP contribution is 2.24. The summed E-state index contributed by atoms with van der Waals surface area (Å²) in [5.41, 5.74) is 3.54. The number of nitrogens with zero attached hydrogens (tertiary/aromatic N) is 4. The lowest BCUT2D eigenvalue weighted by atomic mass is 10.1. The number of hydrogen-bond acceptors (Lipinski definition) is 4. The highest BCUT2D eigenvalue weighted by atomic mass is 32.2. The summed E-state index contributed by atoms with van der Waals surface area (Å²) in [5, 5.41) is 8.01. The molecule has 0 aromatic carbocycles. The average molecular weight is 370 g/mol. The molecule has 0 radical (unpaired) electrons. The van der Waals surface area contributed by atoms with Crippen molar-refractivity contribution in [1.82, 2.24) is 20.0 Å². The molecular formula is C17H31N5O2S. The Bertz CT molecular complexity index is 749. The molecule has 0 atom stereocenters. The van der Waals surface area contributed by atoms with E-state index in [2.05, 4.69) is 29.3 Å². The number of nitrogens with one attached hydrogen (secondary N) is 1. The van der Waals surface area contributed by atoms with E-state index in [4.69, 9.17) is 0 Å². The maximum absolute atomic E-state index is 12.2. The van der Waals surface area contributed by atoms with E-state index in [-0.39, 0.29) is 5.75 Å². The Morgan fingerprint density at radius 3 is 2.52 bits per heavy atom. The molecule has 1 fully saturated rings. The molecule has 0 aliphatic carbocycles. The molecule has 2 rings (SSSR count). The Morgan fingerprint density at radius 2 is 2.00 bits per heavy atom. The Hall–Kier alpha value is -1.57. The number of rotatable bonds is 4. The first kappa shape index (κ1) is 19.8. The largest absolute Gasteiger partial charge is 0.352 e. The van der Waals surface area contributed by atoms with E-state index in [1.807, 2.05) is 16.6 Å². The van der Waals surface area contributed by atoms with Gasteiger partial charge in [-0.15, -0.1) is 0 Å². The van der Waals surface area contributed by atoms with Crippen LogP contribution >= 0.6 is 0 Å². The second kappa shape index (κ2) is 7.35. The third-order valence-electron chi connectivity index (χ3n) is 5.01. The molecule has 1 saturated heterocycles. The van der Waals surface area contributed by atoms with Gasteiger partial charge in [0.15, 0.2) is 15.8 Å². The van der Waals surface area contributed by atoms with Crippen LogP contribution in [0, 0.1) is 0 Å². The molecule has 1 aromatic heterocycles. The van der Waals surface area contributed by atoms with Gasteiger partial charge in [0.05, 0.1) is 16.2 Å². The second-order valence-corrected chi connectivity index (χ2v) is 9.85. The number of hydrogen-bond donors (Lipinski definition) is 1. The molecule has 142 valence electrons.